The number of H-pyrrole nitrogens is 1. The summed E-state index contributed by atoms with van der Waals surface area (Å²) in [4.78, 5) is 12.4. The van der Waals surface area contributed by atoms with E-state index in [0.29, 0.717) is 11.5 Å². The Morgan fingerprint density at radius 3 is 3.00 bits per heavy atom. The first-order valence-corrected chi connectivity index (χ1v) is 6.96. The Labute approximate surface area is 122 Å². The van der Waals surface area contributed by atoms with E-state index >= 15 is 0 Å². The summed E-state index contributed by atoms with van der Waals surface area (Å²) in [5, 5.41) is 14.9. The van der Waals surface area contributed by atoms with Crippen molar-refractivity contribution in [2.24, 2.45) is 7.05 Å². The molecule has 1 amide bonds. The van der Waals surface area contributed by atoms with Crippen LogP contribution in [0.25, 0.3) is 10.9 Å². The van der Waals surface area contributed by atoms with Gasteiger partial charge in [0.25, 0.3) is 5.91 Å². The molecular weight excluding hydrogens is 266 g/mol. The summed E-state index contributed by atoms with van der Waals surface area (Å²) in [6.45, 7) is 2.10. The molecule has 108 valence electrons. The number of aryl methyl sites for hydroxylation is 2. The fourth-order valence-corrected chi connectivity index (χ4v) is 2.38. The predicted molar refractivity (Wildman–Crippen MR) is 81.2 cm³/mol. The van der Waals surface area contributed by atoms with Crippen LogP contribution in [0.5, 0.6) is 0 Å². The number of nitrogens with zero attached hydrogens (tertiary/aromatic N) is 3. The van der Waals surface area contributed by atoms with Gasteiger partial charge >= 0.3 is 0 Å². The number of anilines is 1. The molecule has 0 bridgehead atoms. The molecule has 1 aromatic carbocycles. The minimum atomic E-state index is -0.249. The minimum Gasteiger partial charge on any atom is -0.304 e. The third-order valence-corrected chi connectivity index (χ3v) is 3.36. The van der Waals surface area contributed by atoms with E-state index < -0.39 is 0 Å². The molecule has 21 heavy (non-hydrogen) atoms. The number of amides is 1. The van der Waals surface area contributed by atoms with Gasteiger partial charge in [-0.05, 0) is 12.5 Å². The highest BCUT2D eigenvalue weighted by Crippen LogP contribution is 2.18. The van der Waals surface area contributed by atoms with E-state index in [9.17, 15) is 4.79 Å². The van der Waals surface area contributed by atoms with Gasteiger partial charge in [-0.15, -0.1) is 0 Å². The van der Waals surface area contributed by atoms with Gasteiger partial charge in [0.1, 0.15) is 0 Å². The zero-order valence-corrected chi connectivity index (χ0v) is 12.1. The number of aromatic amines is 1. The highest BCUT2D eigenvalue weighted by Gasteiger charge is 2.16. The summed E-state index contributed by atoms with van der Waals surface area (Å²) in [5.41, 5.74) is 2.35. The number of para-hydroxylation sites is 1. The number of hydrogen-bond donors (Lipinski definition) is 2. The summed E-state index contributed by atoms with van der Waals surface area (Å²) in [6.07, 6.45) is 1.94. The molecular formula is C15H17N5O. The lowest BCUT2D eigenvalue weighted by Crippen LogP contribution is -2.13. The molecule has 0 unspecified atom stereocenters. The van der Waals surface area contributed by atoms with Crippen molar-refractivity contribution in [1.82, 2.24) is 20.0 Å². The molecule has 2 N–H and O–H groups in total. The van der Waals surface area contributed by atoms with Crippen molar-refractivity contribution in [3.8, 4) is 0 Å². The van der Waals surface area contributed by atoms with Crippen LogP contribution in [0.1, 0.15) is 29.5 Å². The SMILES string of the molecule is CCCc1cc(NC(=O)c2nn(C)c3ccccc23)n[nH]1. The summed E-state index contributed by atoms with van der Waals surface area (Å²) in [5.74, 6) is 0.277. The number of nitrogens with one attached hydrogen (secondary N) is 2. The zero-order valence-electron chi connectivity index (χ0n) is 12.1. The normalized spacial score (nSPS) is 11.0. The van der Waals surface area contributed by atoms with Crippen LogP contribution in [-0.2, 0) is 13.5 Å². The van der Waals surface area contributed by atoms with Gasteiger partial charge in [-0.25, -0.2) is 0 Å². The maximum Gasteiger partial charge on any atom is 0.278 e. The van der Waals surface area contributed by atoms with Crippen molar-refractivity contribution < 1.29 is 4.79 Å². The Morgan fingerprint density at radius 2 is 2.19 bits per heavy atom. The molecule has 0 fully saturated rings. The molecule has 0 saturated carbocycles. The Kier molecular flexibility index (Phi) is 3.43. The van der Waals surface area contributed by atoms with Crippen molar-refractivity contribution in [3.05, 3.63) is 41.7 Å². The molecule has 2 aromatic heterocycles. The smallest absolute Gasteiger partial charge is 0.278 e. The van der Waals surface area contributed by atoms with Crippen LogP contribution in [-0.4, -0.2) is 25.9 Å². The van der Waals surface area contributed by atoms with Gasteiger partial charge in [-0.3, -0.25) is 14.6 Å². The number of carbonyl (C=O) groups is 1. The van der Waals surface area contributed by atoms with E-state index in [0.717, 1.165) is 29.4 Å². The number of rotatable bonds is 4. The maximum absolute atomic E-state index is 12.4. The van der Waals surface area contributed by atoms with Crippen LogP contribution in [0.4, 0.5) is 5.82 Å². The van der Waals surface area contributed by atoms with Crippen LogP contribution < -0.4 is 5.32 Å². The second-order valence-electron chi connectivity index (χ2n) is 4.97. The standard InChI is InChI=1S/C15H17N5O/c1-3-6-10-9-13(18-17-10)16-15(21)14-11-7-4-5-8-12(11)20(2)19-14/h4-5,7-9H,3,6H2,1-2H3,(H2,16,17,18,21). The molecule has 0 aliphatic carbocycles. The Morgan fingerprint density at radius 1 is 1.38 bits per heavy atom. The van der Waals surface area contributed by atoms with Crippen LogP contribution in [0.15, 0.2) is 30.3 Å². The summed E-state index contributed by atoms with van der Waals surface area (Å²) in [7, 11) is 1.83. The molecule has 2 heterocycles. The van der Waals surface area contributed by atoms with E-state index in [2.05, 4.69) is 27.5 Å². The second kappa shape index (κ2) is 5.40. The molecule has 3 aromatic rings. The number of aromatic nitrogens is 4. The summed E-state index contributed by atoms with van der Waals surface area (Å²) < 4.78 is 1.71. The topological polar surface area (TPSA) is 75.6 Å². The lowest BCUT2D eigenvalue weighted by Gasteiger charge is -1.98. The first-order chi connectivity index (χ1) is 10.2. The van der Waals surface area contributed by atoms with Crippen molar-refractivity contribution in [2.75, 3.05) is 5.32 Å². The average molecular weight is 283 g/mol. The number of fused-ring (bicyclic) bond motifs is 1. The van der Waals surface area contributed by atoms with Crippen LogP contribution in [0.2, 0.25) is 0 Å². The number of hydrogen-bond acceptors (Lipinski definition) is 3. The lowest BCUT2D eigenvalue weighted by molar-refractivity contribution is 0.102. The Hall–Kier alpha value is -2.63. The van der Waals surface area contributed by atoms with Gasteiger partial charge in [0.2, 0.25) is 0 Å². The van der Waals surface area contributed by atoms with E-state index in [4.69, 9.17) is 0 Å². The molecule has 3 rings (SSSR count). The van der Waals surface area contributed by atoms with Crippen LogP contribution in [0, 0.1) is 0 Å². The predicted octanol–water partition coefficient (Wildman–Crippen LogP) is 2.50. The van der Waals surface area contributed by atoms with Gasteiger partial charge in [0, 0.05) is 24.2 Å². The van der Waals surface area contributed by atoms with Gasteiger partial charge < -0.3 is 5.32 Å². The first kappa shape index (κ1) is 13.4. The van der Waals surface area contributed by atoms with Crippen LogP contribution >= 0.6 is 0 Å². The van der Waals surface area contributed by atoms with Gasteiger partial charge in [-0.2, -0.15) is 10.2 Å². The first-order valence-electron chi connectivity index (χ1n) is 6.96. The average Bonchev–Trinajstić information content (AvgIpc) is 3.05. The second-order valence-corrected chi connectivity index (χ2v) is 4.97. The molecule has 0 atom stereocenters. The maximum atomic E-state index is 12.4. The summed E-state index contributed by atoms with van der Waals surface area (Å²) >= 11 is 0. The van der Waals surface area contributed by atoms with Crippen molar-refractivity contribution in [2.45, 2.75) is 19.8 Å². The van der Waals surface area contributed by atoms with Crippen molar-refractivity contribution in [3.63, 3.8) is 0 Å². The van der Waals surface area contributed by atoms with E-state index in [1.54, 1.807) is 4.68 Å². The number of benzene rings is 1. The van der Waals surface area contributed by atoms with Crippen molar-refractivity contribution >= 4 is 22.6 Å². The number of carbonyl (C=O) groups excluding carboxylic acids is 1. The fourth-order valence-electron chi connectivity index (χ4n) is 2.38. The molecule has 0 radical (unpaired) electrons. The summed E-state index contributed by atoms with van der Waals surface area (Å²) in [6, 6.07) is 9.51. The third kappa shape index (κ3) is 2.52. The monoisotopic (exact) mass is 283 g/mol. The van der Waals surface area contributed by atoms with Gasteiger partial charge in [-0.1, -0.05) is 31.5 Å². The largest absolute Gasteiger partial charge is 0.304 e. The Balaban J connectivity index is 1.86. The van der Waals surface area contributed by atoms with E-state index in [1.807, 2.05) is 37.4 Å². The molecule has 6 nitrogen and oxygen atoms in total. The van der Waals surface area contributed by atoms with Crippen molar-refractivity contribution in [1.29, 1.82) is 0 Å². The molecule has 0 saturated heterocycles. The molecule has 6 heteroatoms. The molecule has 0 aliphatic heterocycles. The van der Waals surface area contributed by atoms with E-state index in [1.165, 1.54) is 0 Å². The van der Waals surface area contributed by atoms with Gasteiger partial charge in [0.15, 0.2) is 11.5 Å². The minimum absolute atomic E-state index is 0.249. The van der Waals surface area contributed by atoms with Gasteiger partial charge in [0.05, 0.1) is 5.52 Å². The molecule has 0 aliphatic rings. The Bertz CT molecular complexity index is 786. The quantitative estimate of drug-likeness (QED) is 0.772. The highest BCUT2D eigenvalue weighted by atomic mass is 16.2. The highest BCUT2D eigenvalue weighted by molar-refractivity contribution is 6.10. The van der Waals surface area contributed by atoms with E-state index in [-0.39, 0.29) is 5.91 Å². The lowest BCUT2D eigenvalue weighted by atomic mass is 10.2. The third-order valence-electron chi connectivity index (χ3n) is 3.36. The fraction of sp³-hybridized carbons (Fsp3) is 0.267. The molecule has 0 spiro atoms. The zero-order chi connectivity index (χ0) is 14.8. The van der Waals surface area contributed by atoms with Crippen LogP contribution in [0.3, 0.4) is 0 Å².